The van der Waals surface area contributed by atoms with Gasteiger partial charge in [0.15, 0.2) is 12.2 Å². The number of rotatable bonds is 11. The lowest BCUT2D eigenvalue weighted by Gasteiger charge is -2.50. The van der Waals surface area contributed by atoms with Crippen LogP contribution in [0.25, 0.3) is 0 Å². The molecule has 244 valence electrons. The Kier molecular flexibility index (Phi) is 11.4. The van der Waals surface area contributed by atoms with E-state index in [9.17, 15) is 19.2 Å². The molecule has 0 unspecified atom stereocenters. The monoisotopic (exact) mass is 648 g/mol. The van der Waals surface area contributed by atoms with Crippen molar-refractivity contribution in [1.82, 2.24) is 0 Å². The maximum Gasteiger partial charge on any atom is 0.303 e. The zero-order chi connectivity index (χ0) is 32.7. The fourth-order valence-electron chi connectivity index (χ4n) is 5.41. The van der Waals surface area contributed by atoms with Crippen molar-refractivity contribution in [1.29, 1.82) is 0 Å². The molecule has 0 N–H and O–H groups in total. The smallest absolute Gasteiger partial charge is 0.303 e. The average Bonchev–Trinajstić information content (AvgIpc) is 3.49. The van der Waals surface area contributed by atoms with E-state index in [4.69, 9.17) is 49.5 Å². The van der Waals surface area contributed by atoms with Crippen LogP contribution >= 0.6 is 11.6 Å². The molecule has 45 heavy (non-hydrogen) atoms. The maximum absolute atomic E-state index is 12.4. The van der Waals surface area contributed by atoms with Crippen LogP contribution in [-0.2, 0) is 64.5 Å². The zero-order valence-electron chi connectivity index (χ0n) is 25.7. The number of carbonyl (C=O) groups excluding carboxylic acids is 4. The Morgan fingerprint density at radius 2 is 1.56 bits per heavy atom. The third kappa shape index (κ3) is 8.51. The molecule has 0 spiro atoms. The highest BCUT2D eigenvalue weighted by atomic mass is 35.5. The summed E-state index contributed by atoms with van der Waals surface area (Å²) in [4.78, 5) is 48.6. The molecule has 6 atom stereocenters. The van der Waals surface area contributed by atoms with Crippen LogP contribution in [-0.4, -0.2) is 81.3 Å². The number of ether oxygens (including phenoxy) is 8. The number of hydrogen-bond donors (Lipinski definition) is 0. The highest BCUT2D eigenvalue weighted by Gasteiger charge is 2.61. The van der Waals surface area contributed by atoms with Gasteiger partial charge in [0.25, 0.3) is 0 Å². The van der Waals surface area contributed by atoms with Gasteiger partial charge in [-0.05, 0) is 41.8 Å². The molecule has 2 aliphatic rings. The van der Waals surface area contributed by atoms with Gasteiger partial charge < -0.3 is 37.9 Å². The predicted octanol–water partition coefficient (Wildman–Crippen LogP) is 3.65. The Balaban J connectivity index is 1.74. The van der Waals surface area contributed by atoms with E-state index in [1.165, 1.54) is 14.0 Å². The number of hydrogen-bond acceptors (Lipinski definition) is 12. The van der Waals surface area contributed by atoms with Gasteiger partial charge in [-0.15, -0.1) is 0 Å². The summed E-state index contributed by atoms with van der Waals surface area (Å²) in [6, 6.07) is 12.6. The third-order valence-electron chi connectivity index (χ3n) is 7.30. The first-order chi connectivity index (χ1) is 21.4. The van der Waals surface area contributed by atoms with Gasteiger partial charge in [0, 0.05) is 51.8 Å². The van der Waals surface area contributed by atoms with Crippen LogP contribution in [0, 0.1) is 0 Å². The summed E-state index contributed by atoms with van der Waals surface area (Å²) in [6.07, 6.45) is -4.16. The van der Waals surface area contributed by atoms with Crippen molar-refractivity contribution in [2.45, 2.75) is 76.8 Å². The van der Waals surface area contributed by atoms with Crippen LogP contribution in [0.15, 0.2) is 42.5 Å². The van der Waals surface area contributed by atoms with Gasteiger partial charge in [0.05, 0.1) is 13.2 Å². The van der Waals surface area contributed by atoms with Crippen LogP contribution in [0.5, 0.6) is 5.75 Å². The molecule has 12 nitrogen and oxygen atoms in total. The molecular weight excluding hydrogens is 612 g/mol. The van der Waals surface area contributed by atoms with Crippen LogP contribution in [0.1, 0.15) is 50.8 Å². The van der Waals surface area contributed by atoms with Gasteiger partial charge in [0.2, 0.25) is 11.9 Å². The molecule has 2 saturated heterocycles. The molecule has 0 aromatic heterocycles. The second-order valence-corrected chi connectivity index (χ2v) is 11.1. The first-order valence-corrected chi connectivity index (χ1v) is 14.8. The Labute approximate surface area is 266 Å². The number of esters is 4. The van der Waals surface area contributed by atoms with Crippen LogP contribution < -0.4 is 4.74 Å². The second kappa shape index (κ2) is 15.0. The Morgan fingerprint density at radius 3 is 2.13 bits per heavy atom. The summed E-state index contributed by atoms with van der Waals surface area (Å²) in [5, 5.41) is 0.444. The van der Waals surface area contributed by atoms with Crippen LogP contribution in [0.4, 0.5) is 0 Å². The van der Waals surface area contributed by atoms with Crippen molar-refractivity contribution in [2.24, 2.45) is 0 Å². The molecule has 2 aliphatic heterocycles. The van der Waals surface area contributed by atoms with Gasteiger partial charge in [-0.25, -0.2) is 0 Å². The topological polar surface area (TPSA) is 142 Å². The van der Waals surface area contributed by atoms with E-state index in [0.29, 0.717) is 35.8 Å². The number of methoxy groups -OCH3 is 1. The average molecular weight is 649 g/mol. The molecule has 0 saturated carbocycles. The Morgan fingerprint density at radius 1 is 0.889 bits per heavy atom. The summed E-state index contributed by atoms with van der Waals surface area (Å²) in [5.41, 5.74) is 1.96. The summed E-state index contributed by atoms with van der Waals surface area (Å²) in [6.45, 7) is 5.51. The van der Waals surface area contributed by atoms with E-state index >= 15 is 0 Å². The van der Waals surface area contributed by atoms with Crippen LogP contribution in [0.2, 0.25) is 5.02 Å². The molecule has 4 rings (SSSR count). The highest BCUT2D eigenvalue weighted by molar-refractivity contribution is 6.31. The van der Waals surface area contributed by atoms with Crippen molar-refractivity contribution < 1.29 is 57.1 Å². The Bertz CT molecular complexity index is 1370. The van der Waals surface area contributed by atoms with Crippen molar-refractivity contribution in [3.63, 3.8) is 0 Å². The molecule has 13 heteroatoms. The lowest BCUT2D eigenvalue weighted by atomic mass is 9.86. The molecule has 0 bridgehead atoms. The molecule has 0 radical (unpaired) electrons. The van der Waals surface area contributed by atoms with E-state index in [-0.39, 0.29) is 6.10 Å². The fourth-order valence-corrected chi connectivity index (χ4v) is 5.60. The van der Waals surface area contributed by atoms with Crippen molar-refractivity contribution in [3.05, 3.63) is 64.2 Å². The lowest BCUT2D eigenvalue weighted by Crippen LogP contribution is -2.67. The largest absolute Gasteiger partial charge is 0.488 e. The Hall–Kier alpha value is -3.71. The number of halogens is 1. The molecule has 2 aromatic carbocycles. The first-order valence-electron chi connectivity index (χ1n) is 14.4. The minimum Gasteiger partial charge on any atom is -0.488 e. The standard InChI is InChI=1S/C32H37ClO12/c1-18(34)40-17-28-29(41-19(2)35)30(42-20(3)36)31(43-21(4)37)32(38-5,45-28)24-8-11-27(33)23(15-24)14-22-6-9-25(10-7-22)44-26-12-13-39-16-26/h6-11,15,26,28-31H,12-14,16-17H2,1-5H3/t26-,28-,29-,30+,31-,32+/m1/s1. The molecule has 0 aliphatic carbocycles. The van der Waals surface area contributed by atoms with Gasteiger partial charge >= 0.3 is 23.9 Å². The van der Waals surface area contributed by atoms with Gasteiger partial charge in [-0.2, -0.15) is 0 Å². The third-order valence-corrected chi connectivity index (χ3v) is 7.67. The summed E-state index contributed by atoms with van der Waals surface area (Å²) < 4.78 is 45.7. The van der Waals surface area contributed by atoms with Crippen molar-refractivity contribution in [2.75, 3.05) is 26.9 Å². The summed E-state index contributed by atoms with van der Waals surface area (Å²) in [5.74, 6) is -4.06. The maximum atomic E-state index is 12.4. The zero-order valence-corrected chi connectivity index (χ0v) is 26.5. The van der Waals surface area contributed by atoms with Gasteiger partial charge in [-0.1, -0.05) is 29.8 Å². The van der Waals surface area contributed by atoms with E-state index in [0.717, 1.165) is 38.5 Å². The number of benzene rings is 2. The van der Waals surface area contributed by atoms with E-state index in [2.05, 4.69) is 0 Å². The van der Waals surface area contributed by atoms with Gasteiger partial charge in [-0.3, -0.25) is 19.2 Å². The van der Waals surface area contributed by atoms with E-state index in [1.54, 1.807) is 18.2 Å². The molecule has 2 fully saturated rings. The minimum absolute atomic E-state index is 0.0220. The van der Waals surface area contributed by atoms with E-state index in [1.807, 2.05) is 24.3 Å². The lowest BCUT2D eigenvalue weighted by molar-refractivity contribution is -0.367. The fraction of sp³-hybridized carbons (Fsp3) is 0.500. The van der Waals surface area contributed by atoms with Crippen molar-refractivity contribution >= 4 is 35.5 Å². The first kappa shape index (κ1) is 34.2. The molecule has 2 aromatic rings. The normalized spacial score (nSPS) is 26.0. The molecular formula is C32H37ClO12. The molecule has 0 amide bonds. The van der Waals surface area contributed by atoms with Crippen molar-refractivity contribution in [3.8, 4) is 5.75 Å². The summed E-state index contributed by atoms with van der Waals surface area (Å²) >= 11 is 6.64. The van der Waals surface area contributed by atoms with E-state index < -0.39 is 60.7 Å². The SMILES string of the molecule is CO[C@@]1(c2ccc(Cl)c(Cc3ccc(O[C@@H]4CCOC4)cc3)c2)O[C@H](COC(C)=O)[C@@H](OC(C)=O)[C@H](OC(C)=O)[C@H]1OC(C)=O. The molecule has 2 heterocycles. The second-order valence-electron chi connectivity index (χ2n) is 10.7. The van der Waals surface area contributed by atoms with Gasteiger partial charge in [0.1, 0.15) is 24.6 Å². The quantitative estimate of drug-likeness (QED) is 0.259. The van der Waals surface area contributed by atoms with Crippen LogP contribution in [0.3, 0.4) is 0 Å². The highest BCUT2D eigenvalue weighted by Crippen LogP contribution is 2.44. The number of carbonyl (C=O) groups is 4. The summed E-state index contributed by atoms with van der Waals surface area (Å²) in [7, 11) is 1.32. The minimum atomic E-state index is -1.92. The predicted molar refractivity (Wildman–Crippen MR) is 157 cm³/mol.